The number of nitrogens with zero attached hydrogens (tertiary/aromatic N) is 5. The molecule has 8 heteroatoms. The standard InChI is InChI=1S/C19H34N6O.HI/c1-14(2)16-5-7-17(8-6-16)24-9-11-25(12-10-24)19(20-4)21-13-18-22-15(3)26-23-18;/h14,16-17H,5-13H2,1-4H3,(H,20,21);1H. The maximum absolute atomic E-state index is 5.02. The van der Waals surface area contributed by atoms with E-state index in [9.17, 15) is 0 Å². The highest BCUT2D eigenvalue weighted by Gasteiger charge is 2.29. The molecule has 2 aliphatic rings. The summed E-state index contributed by atoms with van der Waals surface area (Å²) in [6.07, 6.45) is 5.53. The van der Waals surface area contributed by atoms with Crippen molar-refractivity contribution in [1.82, 2.24) is 25.3 Å². The van der Waals surface area contributed by atoms with Crippen LogP contribution in [-0.2, 0) is 6.54 Å². The summed E-state index contributed by atoms with van der Waals surface area (Å²) < 4.78 is 5.02. The predicted molar refractivity (Wildman–Crippen MR) is 118 cm³/mol. The van der Waals surface area contributed by atoms with Gasteiger partial charge in [0.05, 0.1) is 6.54 Å². The van der Waals surface area contributed by atoms with E-state index in [0.29, 0.717) is 18.3 Å². The fraction of sp³-hybridized carbons (Fsp3) is 0.842. The summed E-state index contributed by atoms with van der Waals surface area (Å²) in [5.41, 5.74) is 0. The average molecular weight is 490 g/mol. The molecule has 0 spiro atoms. The smallest absolute Gasteiger partial charge is 0.223 e. The third kappa shape index (κ3) is 6.04. The zero-order valence-corrected chi connectivity index (χ0v) is 19.5. The maximum atomic E-state index is 5.02. The molecule has 0 radical (unpaired) electrons. The summed E-state index contributed by atoms with van der Waals surface area (Å²) in [4.78, 5) is 13.7. The molecule has 0 atom stereocenters. The SMILES string of the molecule is CN=C(NCc1noc(C)n1)N1CCN(C2CCC(C(C)C)CC2)CC1.I. The minimum atomic E-state index is 0. The number of aromatic nitrogens is 2. The summed E-state index contributed by atoms with van der Waals surface area (Å²) in [6.45, 7) is 11.4. The van der Waals surface area contributed by atoms with Gasteiger partial charge in [-0.2, -0.15) is 4.98 Å². The van der Waals surface area contributed by atoms with E-state index in [1.165, 1.54) is 25.7 Å². The molecule has 0 bridgehead atoms. The normalized spacial score (nSPS) is 24.8. The average Bonchev–Trinajstić information content (AvgIpc) is 3.08. The molecule has 27 heavy (non-hydrogen) atoms. The number of rotatable bonds is 4. The molecule has 2 fully saturated rings. The van der Waals surface area contributed by atoms with Crippen LogP contribution in [0.5, 0.6) is 0 Å². The van der Waals surface area contributed by atoms with Crippen LogP contribution in [0, 0.1) is 18.8 Å². The lowest BCUT2D eigenvalue weighted by molar-refractivity contribution is 0.0864. The summed E-state index contributed by atoms with van der Waals surface area (Å²) in [5, 5.41) is 7.28. The molecule has 1 aliphatic heterocycles. The van der Waals surface area contributed by atoms with E-state index in [4.69, 9.17) is 4.52 Å². The van der Waals surface area contributed by atoms with Gasteiger partial charge in [0.2, 0.25) is 5.89 Å². The molecule has 2 heterocycles. The van der Waals surface area contributed by atoms with Gasteiger partial charge in [-0.1, -0.05) is 19.0 Å². The van der Waals surface area contributed by atoms with Crippen LogP contribution in [-0.4, -0.2) is 65.2 Å². The second-order valence-corrected chi connectivity index (χ2v) is 7.97. The molecule has 7 nitrogen and oxygen atoms in total. The first-order valence-corrected chi connectivity index (χ1v) is 10.1. The molecule has 1 saturated heterocycles. The van der Waals surface area contributed by atoms with Gasteiger partial charge in [0.25, 0.3) is 0 Å². The van der Waals surface area contributed by atoms with E-state index in [1.807, 2.05) is 7.05 Å². The molecule has 1 saturated carbocycles. The second-order valence-electron chi connectivity index (χ2n) is 7.97. The fourth-order valence-corrected chi connectivity index (χ4v) is 4.34. The van der Waals surface area contributed by atoms with Crippen LogP contribution < -0.4 is 5.32 Å². The van der Waals surface area contributed by atoms with Crippen molar-refractivity contribution >= 4 is 29.9 Å². The number of nitrogens with one attached hydrogen (secondary N) is 1. The van der Waals surface area contributed by atoms with Gasteiger partial charge in [0, 0.05) is 46.2 Å². The Kier molecular flexibility index (Phi) is 8.78. The molecule has 0 amide bonds. The Hall–Kier alpha value is -0.900. The van der Waals surface area contributed by atoms with Crippen molar-refractivity contribution in [3.63, 3.8) is 0 Å². The van der Waals surface area contributed by atoms with Crippen molar-refractivity contribution in [3.05, 3.63) is 11.7 Å². The minimum absolute atomic E-state index is 0. The zero-order valence-electron chi connectivity index (χ0n) is 17.1. The molecular weight excluding hydrogens is 455 g/mol. The van der Waals surface area contributed by atoms with Gasteiger partial charge in [0.1, 0.15) is 0 Å². The number of hydrogen-bond donors (Lipinski definition) is 1. The van der Waals surface area contributed by atoms with Crippen molar-refractivity contribution < 1.29 is 4.52 Å². The lowest BCUT2D eigenvalue weighted by atomic mass is 9.79. The molecule has 1 aromatic heterocycles. The van der Waals surface area contributed by atoms with Crippen molar-refractivity contribution in [2.75, 3.05) is 33.2 Å². The Labute approximate surface area is 180 Å². The maximum Gasteiger partial charge on any atom is 0.223 e. The Morgan fingerprint density at radius 2 is 1.85 bits per heavy atom. The lowest BCUT2D eigenvalue weighted by Crippen LogP contribution is -2.55. The number of aliphatic imine (C=N–C) groups is 1. The van der Waals surface area contributed by atoms with Gasteiger partial charge < -0.3 is 14.7 Å². The predicted octanol–water partition coefficient (Wildman–Crippen LogP) is 2.90. The van der Waals surface area contributed by atoms with Crippen LogP contribution in [0.3, 0.4) is 0 Å². The van der Waals surface area contributed by atoms with Crippen molar-refractivity contribution in [3.8, 4) is 0 Å². The highest BCUT2D eigenvalue weighted by atomic mass is 127. The van der Waals surface area contributed by atoms with E-state index in [0.717, 1.165) is 50.0 Å². The van der Waals surface area contributed by atoms with Crippen LogP contribution in [0.1, 0.15) is 51.2 Å². The molecule has 3 rings (SSSR count). The van der Waals surface area contributed by atoms with Crippen LogP contribution in [0.4, 0.5) is 0 Å². The molecule has 1 aromatic rings. The summed E-state index contributed by atoms with van der Waals surface area (Å²) in [5.74, 6) is 3.96. The highest BCUT2D eigenvalue weighted by molar-refractivity contribution is 14.0. The van der Waals surface area contributed by atoms with Gasteiger partial charge in [-0.3, -0.25) is 9.89 Å². The Balaban J connectivity index is 0.00000261. The van der Waals surface area contributed by atoms with Gasteiger partial charge in [0.15, 0.2) is 11.8 Å². The summed E-state index contributed by atoms with van der Waals surface area (Å²) in [7, 11) is 1.84. The largest absolute Gasteiger partial charge is 0.349 e. The van der Waals surface area contributed by atoms with Gasteiger partial charge in [-0.25, -0.2) is 0 Å². The third-order valence-corrected chi connectivity index (χ3v) is 6.00. The molecule has 0 aromatic carbocycles. The van der Waals surface area contributed by atoms with E-state index >= 15 is 0 Å². The molecule has 0 unspecified atom stereocenters. The number of halogens is 1. The van der Waals surface area contributed by atoms with Gasteiger partial charge in [-0.05, 0) is 37.5 Å². The Bertz CT molecular complexity index is 589. The Morgan fingerprint density at radius 3 is 2.37 bits per heavy atom. The quantitative estimate of drug-likeness (QED) is 0.398. The zero-order chi connectivity index (χ0) is 18.5. The minimum Gasteiger partial charge on any atom is -0.349 e. The third-order valence-electron chi connectivity index (χ3n) is 6.00. The number of piperazine rings is 1. The number of guanidine groups is 1. The van der Waals surface area contributed by atoms with Gasteiger partial charge in [-0.15, -0.1) is 24.0 Å². The molecular formula is C19H35IN6O. The summed E-state index contributed by atoms with van der Waals surface area (Å²) >= 11 is 0. The molecule has 154 valence electrons. The van der Waals surface area contributed by atoms with Crippen LogP contribution in [0.15, 0.2) is 9.52 Å². The fourth-order valence-electron chi connectivity index (χ4n) is 4.34. The van der Waals surface area contributed by atoms with E-state index in [2.05, 4.69) is 44.1 Å². The first-order valence-electron chi connectivity index (χ1n) is 10.1. The van der Waals surface area contributed by atoms with Crippen molar-refractivity contribution in [2.45, 2.75) is 59.0 Å². The van der Waals surface area contributed by atoms with E-state index in [1.54, 1.807) is 6.92 Å². The second kappa shape index (κ2) is 10.6. The number of aryl methyl sites for hydroxylation is 1. The van der Waals surface area contributed by atoms with Gasteiger partial charge >= 0.3 is 0 Å². The molecule has 1 N–H and O–H groups in total. The number of hydrogen-bond acceptors (Lipinski definition) is 5. The van der Waals surface area contributed by atoms with Crippen LogP contribution >= 0.6 is 24.0 Å². The first kappa shape index (κ1) is 22.4. The topological polar surface area (TPSA) is 69.8 Å². The van der Waals surface area contributed by atoms with Crippen LogP contribution in [0.25, 0.3) is 0 Å². The Morgan fingerprint density at radius 1 is 1.19 bits per heavy atom. The van der Waals surface area contributed by atoms with Crippen LogP contribution in [0.2, 0.25) is 0 Å². The van der Waals surface area contributed by atoms with E-state index in [-0.39, 0.29) is 24.0 Å². The lowest BCUT2D eigenvalue weighted by Gasteiger charge is -2.43. The highest BCUT2D eigenvalue weighted by Crippen LogP contribution is 2.32. The van der Waals surface area contributed by atoms with Crippen molar-refractivity contribution in [2.24, 2.45) is 16.8 Å². The van der Waals surface area contributed by atoms with Crippen molar-refractivity contribution in [1.29, 1.82) is 0 Å². The summed E-state index contributed by atoms with van der Waals surface area (Å²) in [6, 6.07) is 0.782. The monoisotopic (exact) mass is 490 g/mol. The molecule has 1 aliphatic carbocycles. The first-order chi connectivity index (χ1) is 12.6. The van der Waals surface area contributed by atoms with E-state index < -0.39 is 0 Å².